The first-order valence-electron chi connectivity index (χ1n) is 6.46. The fraction of sp³-hybridized carbons (Fsp3) is 0.923. The third-order valence-corrected chi connectivity index (χ3v) is 2.20. The Morgan fingerprint density at radius 1 is 1.33 bits per heavy atom. The maximum atomic E-state index is 11.7. The standard InChI is InChI=1S/C13H27NO4/c1-7-8-17-11(15)10(9(2)3)14-12(16)18-13(4,5)6/h9-11,15H,7-8H2,1-6H3,(H,14,16)/t10-,11?/m0/s1. The third-order valence-electron chi connectivity index (χ3n) is 2.20. The number of nitrogens with one attached hydrogen (secondary N) is 1. The Morgan fingerprint density at radius 3 is 2.28 bits per heavy atom. The van der Waals surface area contributed by atoms with Crippen molar-refractivity contribution < 1.29 is 19.4 Å². The van der Waals surface area contributed by atoms with Crippen molar-refractivity contribution in [3.63, 3.8) is 0 Å². The summed E-state index contributed by atoms with van der Waals surface area (Å²) in [6, 6.07) is -0.480. The highest BCUT2D eigenvalue weighted by Gasteiger charge is 2.27. The van der Waals surface area contributed by atoms with Gasteiger partial charge in [-0.15, -0.1) is 0 Å². The molecule has 0 radical (unpaired) electrons. The summed E-state index contributed by atoms with van der Waals surface area (Å²) in [5.74, 6) is 0.0457. The lowest BCUT2D eigenvalue weighted by atomic mass is 10.0. The summed E-state index contributed by atoms with van der Waals surface area (Å²) in [6.45, 7) is 11.6. The Balaban J connectivity index is 4.39. The van der Waals surface area contributed by atoms with Gasteiger partial charge in [-0.1, -0.05) is 20.8 Å². The third kappa shape index (κ3) is 7.50. The highest BCUT2D eigenvalue weighted by molar-refractivity contribution is 5.68. The molecule has 0 aliphatic carbocycles. The molecule has 0 spiro atoms. The zero-order valence-corrected chi connectivity index (χ0v) is 12.3. The van der Waals surface area contributed by atoms with Gasteiger partial charge in [0.15, 0.2) is 6.29 Å². The van der Waals surface area contributed by atoms with Crippen LogP contribution in [0, 0.1) is 5.92 Å². The molecular formula is C13H27NO4. The van der Waals surface area contributed by atoms with Gasteiger partial charge < -0.3 is 19.9 Å². The zero-order chi connectivity index (χ0) is 14.3. The number of hydrogen-bond donors (Lipinski definition) is 2. The first-order chi connectivity index (χ1) is 8.17. The Labute approximate surface area is 110 Å². The molecule has 0 aromatic heterocycles. The fourth-order valence-corrected chi connectivity index (χ4v) is 1.35. The van der Waals surface area contributed by atoms with E-state index in [0.29, 0.717) is 6.61 Å². The van der Waals surface area contributed by atoms with Crippen molar-refractivity contribution in [1.29, 1.82) is 0 Å². The minimum Gasteiger partial charge on any atom is -0.444 e. The van der Waals surface area contributed by atoms with Gasteiger partial charge in [0.1, 0.15) is 5.60 Å². The molecule has 0 aliphatic rings. The molecule has 18 heavy (non-hydrogen) atoms. The summed E-state index contributed by atoms with van der Waals surface area (Å²) in [5, 5.41) is 12.5. The van der Waals surface area contributed by atoms with Gasteiger partial charge >= 0.3 is 6.09 Å². The maximum Gasteiger partial charge on any atom is 0.408 e. The van der Waals surface area contributed by atoms with Crippen molar-refractivity contribution in [2.24, 2.45) is 5.92 Å². The smallest absolute Gasteiger partial charge is 0.408 e. The first kappa shape index (κ1) is 17.2. The second-order valence-corrected chi connectivity index (χ2v) is 5.68. The molecule has 0 fully saturated rings. The van der Waals surface area contributed by atoms with Gasteiger partial charge in [0.25, 0.3) is 0 Å². The number of rotatable bonds is 6. The van der Waals surface area contributed by atoms with Crippen LogP contribution in [-0.2, 0) is 9.47 Å². The van der Waals surface area contributed by atoms with Crippen molar-refractivity contribution >= 4 is 6.09 Å². The van der Waals surface area contributed by atoms with Crippen LogP contribution in [0.25, 0.3) is 0 Å². The number of ether oxygens (including phenoxy) is 2. The molecule has 0 heterocycles. The van der Waals surface area contributed by atoms with E-state index in [1.807, 2.05) is 20.8 Å². The molecule has 0 saturated carbocycles. The SMILES string of the molecule is CCCOC(O)[C@@H](NC(=O)OC(C)(C)C)C(C)C. The molecule has 5 heteroatoms. The summed E-state index contributed by atoms with van der Waals surface area (Å²) in [5.41, 5.74) is -0.555. The Morgan fingerprint density at radius 2 is 1.89 bits per heavy atom. The van der Waals surface area contributed by atoms with Crippen LogP contribution in [0.4, 0.5) is 4.79 Å². The van der Waals surface area contributed by atoms with Crippen LogP contribution >= 0.6 is 0 Å². The Bertz CT molecular complexity index is 248. The summed E-state index contributed by atoms with van der Waals surface area (Å²) in [7, 11) is 0. The predicted octanol–water partition coefficient (Wildman–Crippen LogP) is 2.28. The van der Waals surface area contributed by atoms with Gasteiger partial charge in [0.2, 0.25) is 0 Å². The monoisotopic (exact) mass is 261 g/mol. The van der Waals surface area contributed by atoms with E-state index in [1.165, 1.54) is 0 Å². The minimum atomic E-state index is -1.02. The largest absolute Gasteiger partial charge is 0.444 e. The predicted molar refractivity (Wildman–Crippen MR) is 70.2 cm³/mol. The lowest BCUT2D eigenvalue weighted by Crippen LogP contribution is -2.49. The fourth-order valence-electron chi connectivity index (χ4n) is 1.35. The molecule has 0 aromatic rings. The molecule has 5 nitrogen and oxygen atoms in total. The van der Waals surface area contributed by atoms with Crippen LogP contribution in [0.2, 0.25) is 0 Å². The van der Waals surface area contributed by atoms with E-state index in [4.69, 9.17) is 9.47 Å². The summed E-state index contributed by atoms with van der Waals surface area (Å²) in [6.07, 6.45) is -0.744. The van der Waals surface area contributed by atoms with Crippen LogP contribution in [0.15, 0.2) is 0 Å². The van der Waals surface area contributed by atoms with E-state index in [1.54, 1.807) is 20.8 Å². The van der Waals surface area contributed by atoms with E-state index >= 15 is 0 Å². The van der Waals surface area contributed by atoms with Crippen LogP contribution in [-0.4, -0.2) is 35.7 Å². The van der Waals surface area contributed by atoms with Crippen LogP contribution in [0.3, 0.4) is 0 Å². The van der Waals surface area contributed by atoms with Crippen molar-refractivity contribution in [2.75, 3.05) is 6.61 Å². The molecule has 0 aliphatic heterocycles. The minimum absolute atomic E-state index is 0.0457. The molecular weight excluding hydrogens is 234 g/mol. The molecule has 2 N–H and O–H groups in total. The topological polar surface area (TPSA) is 67.8 Å². The van der Waals surface area contributed by atoms with E-state index in [-0.39, 0.29) is 5.92 Å². The second kappa shape index (κ2) is 7.59. The average molecular weight is 261 g/mol. The lowest BCUT2D eigenvalue weighted by molar-refractivity contribution is -0.127. The van der Waals surface area contributed by atoms with Crippen molar-refractivity contribution in [3.05, 3.63) is 0 Å². The molecule has 0 bridgehead atoms. The molecule has 0 rings (SSSR count). The van der Waals surface area contributed by atoms with Crippen LogP contribution in [0.1, 0.15) is 48.0 Å². The number of amides is 1. The summed E-state index contributed by atoms with van der Waals surface area (Å²) < 4.78 is 10.4. The normalized spacial score (nSPS) is 15.3. The number of aliphatic hydroxyl groups excluding tert-OH is 1. The molecule has 1 amide bonds. The molecule has 108 valence electrons. The number of carbonyl (C=O) groups excluding carboxylic acids is 1. The quantitative estimate of drug-likeness (QED) is 0.720. The molecule has 0 aromatic carbocycles. The van der Waals surface area contributed by atoms with Gasteiger partial charge in [-0.2, -0.15) is 0 Å². The van der Waals surface area contributed by atoms with E-state index in [9.17, 15) is 9.90 Å². The van der Waals surface area contributed by atoms with Gasteiger partial charge in [0.05, 0.1) is 6.04 Å². The highest BCUT2D eigenvalue weighted by Crippen LogP contribution is 2.11. The summed E-state index contributed by atoms with van der Waals surface area (Å²) >= 11 is 0. The summed E-state index contributed by atoms with van der Waals surface area (Å²) in [4.78, 5) is 11.7. The van der Waals surface area contributed by atoms with Crippen molar-refractivity contribution in [2.45, 2.75) is 65.9 Å². The van der Waals surface area contributed by atoms with Gasteiger partial charge in [-0.3, -0.25) is 0 Å². The van der Waals surface area contributed by atoms with Gasteiger partial charge in [-0.25, -0.2) is 4.79 Å². The number of aliphatic hydroxyl groups is 1. The first-order valence-corrected chi connectivity index (χ1v) is 6.46. The van der Waals surface area contributed by atoms with E-state index in [0.717, 1.165) is 6.42 Å². The number of carbonyl (C=O) groups is 1. The zero-order valence-electron chi connectivity index (χ0n) is 12.3. The van der Waals surface area contributed by atoms with Crippen molar-refractivity contribution in [1.82, 2.24) is 5.32 Å². The Hall–Kier alpha value is -0.810. The van der Waals surface area contributed by atoms with Gasteiger partial charge in [-0.05, 0) is 33.1 Å². The molecule has 2 atom stereocenters. The van der Waals surface area contributed by atoms with Crippen LogP contribution in [0.5, 0.6) is 0 Å². The lowest BCUT2D eigenvalue weighted by Gasteiger charge is -2.28. The average Bonchev–Trinajstić information content (AvgIpc) is 2.19. The maximum absolute atomic E-state index is 11.7. The molecule has 0 saturated heterocycles. The van der Waals surface area contributed by atoms with E-state index < -0.39 is 24.0 Å². The van der Waals surface area contributed by atoms with E-state index in [2.05, 4.69) is 5.32 Å². The van der Waals surface area contributed by atoms with Crippen molar-refractivity contribution in [3.8, 4) is 0 Å². The molecule has 1 unspecified atom stereocenters. The van der Waals surface area contributed by atoms with Gasteiger partial charge in [0, 0.05) is 6.61 Å². The number of hydrogen-bond acceptors (Lipinski definition) is 4. The Kier molecular flexibility index (Phi) is 7.25. The second-order valence-electron chi connectivity index (χ2n) is 5.68. The highest BCUT2D eigenvalue weighted by atomic mass is 16.6. The van der Waals surface area contributed by atoms with Crippen LogP contribution < -0.4 is 5.32 Å². The number of alkyl carbamates (subject to hydrolysis) is 1.